The summed E-state index contributed by atoms with van der Waals surface area (Å²) in [6.45, 7) is 0. The summed E-state index contributed by atoms with van der Waals surface area (Å²) in [4.78, 5) is 11.3. The molecule has 1 saturated carbocycles. The van der Waals surface area contributed by atoms with Gasteiger partial charge in [-0.1, -0.05) is 5.92 Å². The Kier molecular flexibility index (Phi) is 2.24. The Morgan fingerprint density at radius 3 is 2.50 bits per heavy atom. The van der Waals surface area contributed by atoms with Gasteiger partial charge in [0.2, 0.25) is 0 Å². The molecular weight excluding hydrogens is 176 g/mol. The summed E-state index contributed by atoms with van der Waals surface area (Å²) in [5.41, 5.74) is 0.788. The van der Waals surface area contributed by atoms with Gasteiger partial charge < -0.3 is 4.74 Å². The number of carbonyl (C=O) groups is 1. The highest BCUT2D eigenvalue weighted by Crippen LogP contribution is 2.30. The molecular formula is C12H10O2. The quantitative estimate of drug-likeness (QED) is 0.401. The summed E-state index contributed by atoms with van der Waals surface area (Å²) in [7, 11) is 0. The van der Waals surface area contributed by atoms with Crippen LogP contribution in [-0.2, 0) is 4.79 Å². The van der Waals surface area contributed by atoms with E-state index in [4.69, 9.17) is 11.2 Å². The van der Waals surface area contributed by atoms with Gasteiger partial charge in [-0.3, -0.25) is 4.79 Å². The first-order valence-corrected chi connectivity index (χ1v) is 4.58. The molecule has 0 aliphatic heterocycles. The van der Waals surface area contributed by atoms with Crippen molar-refractivity contribution in [3.05, 3.63) is 29.8 Å². The Balaban J connectivity index is 2.02. The lowest BCUT2D eigenvalue weighted by molar-refractivity contribution is -0.135. The van der Waals surface area contributed by atoms with Crippen LogP contribution in [0.1, 0.15) is 18.4 Å². The zero-order valence-electron chi connectivity index (χ0n) is 7.69. The molecule has 2 nitrogen and oxygen atoms in total. The summed E-state index contributed by atoms with van der Waals surface area (Å²) >= 11 is 0. The van der Waals surface area contributed by atoms with Gasteiger partial charge in [-0.05, 0) is 37.1 Å². The van der Waals surface area contributed by atoms with E-state index in [0.717, 1.165) is 18.4 Å². The highest BCUT2D eigenvalue weighted by atomic mass is 16.5. The van der Waals surface area contributed by atoms with E-state index in [-0.39, 0.29) is 11.9 Å². The molecule has 0 heterocycles. The van der Waals surface area contributed by atoms with E-state index in [1.807, 2.05) is 0 Å². The minimum atomic E-state index is -0.126. The van der Waals surface area contributed by atoms with Crippen LogP contribution in [-0.4, -0.2) is 5.97 Å². The fourth-order valence-electron chi connectivity index (χ4n) is 1.14. The van der Waals surface area contributed by atoms with Crippen LogP contribution in [0, 0.1) is 18.3 Å². The van der Waals surface area contributed by atoms with Gasteiger partial charge in [-0.2, -0.15) is 0 Å². The number of rotatable bonds is 2. The summed E-state index contributed by atoms with van der Waals surface area (Å²) in [5.74, 6) is 3.07. The van der Waals surface area contributed by atoms with Crippen LogP contribution in [0.15, 0.2) is 24.3 Å². The molecule has 14 heavy (non-hydrogen) atoms. The lowest BCUT2D eigenvalue weighted by atomic mass is 10.2. The fraction of sp³-hybridized carbons (Fsp3) is 0.250. The molecule has 0 unspecified atom stereocenters. The minimum Gasteiger partial charge on any atom is -0.426 e. The molecule has 0 saturated heterocycles. The van der Waals surface area contributed by atoms with Crippen LogP contribution in [0.4, 0.5) is 0 Å². The second-order valence-corrected chi connectivity index (χ2v) is 3.36. The smallest absolute Gasteiger partial charge is 0.314 e. The Morgan fingerprint density at radius 2 is 2.00 bits per heavy atom. The van der Waals surface area contributed by atoms with Gasteiger partial charge in [0.05, 0.1) is 5.92 Å². The predicted molar refractivity (Wildman–Crippen MR) is 52.7 cm³/mol. The number of terminal acetylenes is 1. The van der Waals surface area contributed by atoms with E-state index in [1.165, 1.54) is 0 Å². The van der Waals surface area contributed by atoms with Crippen LogP contribution >= 0.6 is 0 Å². The molecule has 0 aromatic heterocycles. The maximum absolute atomic E-state index is 11.3. The number of esters is 1. The Hall–Kier alpha value is -1.75. The van der Waals surface area contributed by atoms with Gasteiger partial charge in [0, 0.05) is 5.56 Å². The Labute approximate surface area is 82.9 Å². The first-order valence-electron chi connectivity index (χ1n) is 4.58. The van der Waals surface area contributed by atoms with E-state index in [1.54, 1.807) is 24.3 Å². The van der Waals surface area contributed by atoms with Crippen molar-refractivity contribution >= 4 is 5.97 Å². The zero-order chi connectivity index (χ0) is 9.97. The van der Waals surface area contributed by atoms with Crippen molar-refractivity contribution in [2.45, 2.75) is 12.8 Å². The second kappa shape index (κ2) is 3.55. The maximum atomic E-state index is 11.3. The molecule has 0 bridgehead atoms. The van der Waals surface area contributed by atoms with E-state index in [9.17, 15) is 4.79 Å². The number of carbonyl (C=O) groups excluding carboxylic acids is 1. The maximum Gasteiger partial charge on any atom is 0.314 e. The molecule has 2 heteroatoms. The average Bonchev–Trinajstić information content (AvgIpc) is 3.02. The monoisotopic (exact) mass is 186 g/mol. The van der Waals surface area contributed by atoms with Gasteiger partial charge in [-0.25, -0.2) is 0 Å². The lowest BCUT2D eigenvalue weighted by Crippen LogP contribution is -2.09. The van der Waals surface area contributed by atoms with E-state index >= 15 is 0 Å². The third-order valence-electron chi connectivity index (χ3n) is 2.15. The van der Waals surface area contributed by atoms with Crippen LogP contribution in [0.25, 0.3) is 0 Å². The van der Waals surface area contributed by atoms with E-state index < -0.39 is 0 Å². The van der Waals surface area contributed by atoms with Crippen LogP contribution in [0.5, 0.6) is 5.75 Å². The van der Waals surface area contributed by atoms with Gasteiger partial charge in [0.15, 0.2) is 0 Å². The zero-order valence-corrected chi connectivity index (χ0v) is 7.69. The largest absolute Gasteiger partial charge is 0.426 e. The second-order valence-electron chi connectivity index (χ2n) is 3.36. The van der Waals surface area contributed by atoms with Crippen molar-refractivity contribution < 1.29 is 9.53 Å². The normalized spacial score (nSPS) is 14.5. The lowest BCUT2D eigenvalue weighted by Gasteiger charge is -2.02. The summed E-state index contributed by atoms with van der Waals surface area (Å²) in [6, 6.07) is 6.95. The topological polar surface area (TPSA) is 26.3 Å². The SMILES string of the molecule is C#Cc1ccc(OC(=O)C2CC2)cc1. The number of benzene rings is 1. The molecule has 0 radical (unpaired) electrons. The van der Waals surface area contributed by atoms with E-state index in [2.05, 4.69) is 5.92 Å². The standard InChI is InChI=1S/C12H10O2/c1-2-9-3-7-11(8-4-9)14-12(13)10-5-6-10/h1,3-4,7-8,10H,5-6H2. The number of ether oxygens (including phenoxy) is 1. The molecule has 1 aliphatic carbocycles. The van der Waals surface area contributed by atoms with Crippen molar-refractivity contribution in [2.75, 3.05) is 0 Å². The summed E-state index contributed by atoms with van der Waals surface area (Å²) in [5, 5.41) is 0. The minimum absolute atomic E-state index is 0.126. The average molecular weight is 186 g/mol. The van der Waals surface area contributed by atoms with Crippen molar-refractivity contribution in [3.8, 4) is 18.1 Å². The molecule has 1 aliphatic rings. The van der Waals surface area contributed by atoms with Gasteiger partial charge >= 0.3 is 5.97 Å². The highest BCUT2D eigenvalue weighted by molar-refractivity contribution is 5.77. The Bertz CT molecular complexity index is 380. The third-order valence-corrected chi connectivity index (χ3v) is 2.15. The predicted octanol–water partition coefficient (Wildman–Crippen LogP) is 1.98. The first kappa shape index (κ1) is 8.83. The summed E-state index contributed by atoms with van der Waals surface area (Å²) in [6.07, 6.45) is 7.12. The van der Waals surface area contributed by atoms with Gasteiger partial charge in [0.25, 0.3) is 0 Å². The number of hydrogen-bond acceptors (Lipinski definition) is 2. The molecule has 0 amide bonds. The molecule has 1 aromatic carbocycles. The summed E-state index contributed by atoms with van der Waals surface area (Å²) < 4.78 is 5.13. The van der Waals surface area contributed by atoms with Crippen LogP contribution in [0.2, 0.25) is 0 Å². The van der Waals surface area contributed by atoms with Crippen molar-refractivity contribution in [3.63, 3.8) is 0 Å². The molecule has 1 aromatic rings. The molecule has 0 atom stereocenters. The van der Waals surface area contributed by atoms with Crippen LogP contribution < -0.4 is 4.74 Å². The van der Waals surface area contributed by atoms with Gasteiger partial charge in [-0.15, -0.1) is 6.42 Å². The van der Waals surface area contributed by atoms with Crippen molar-refractivity contribution in [2.24, 2.45) is 5.92 Å². The molecule has 0 N–H and O–H groups in total. The van der Waals surface area contributed by atoms with Crippen LogP contribution in [0.3, 0.4) is 0 Å². The Morgan fingerprint density at radius 1 is 1.36 bits per heavy atom. The van der Waals surface area contributed by atoms with E-state index in [0.29, 0.717) is 5.75 Å². The third kappa shape index (κ3) is 1.94. The van der Waals surface area contributed by atoms with Gasteiger partial charge in [0.1, 0.15) is 5.75 Å². The fourth-order valence-corrected chi connectivity index (χ4v) is 1.14. The highest BCUT2D eigenvalue weighted by Gasteiger charge is 2.31. The van der Waals surface area contributed by atoms with Crippen molar-refractivity contribution in [1.29, 1.82) is 0 Å². The molecule has 2 rings (SSSR count). The molecule has 1 fully saturated rings. The molecule has 0 spiro atoms. The molecule has 70 valence electrons. The number of hydrogen-bond donors (Lipinski definition) is 0. The van der Waals surface area contributed by atoms with Crippen molar-refractivity contribution in [1.82, 2.24) is 0 Å². The first-order chi connectivity index (χ1) is 6.79.